The SMILES string of the molecule is CC1(C)CCC2(C(=O)O)CCC3(C)C(=C(c4ccoc4CN4CCOCC4)CC4C5(C)Cc6c(n[nH]c6N)C(C)(C)C5CCC43C)C2C1. The zero-order valence-electron chi connectivity index (χ0n) is 30.4. The Bertz CT molecular complexity index is 1660. The molecule has 0 radical (unpaired) electrons. The van der Waals surface area contributed by atoms with Gasteiger partial charge in [-0.2, -0.15) is 5.10 Å². The first-order chi connectivity index (χ1) is 22.6. The van der Waals surface area contributed by atoms with Crippen molar-refractivity contribution in [3.05, 3.63) is 40.5 Å². The number of ether oxygens (including phenoxy) is 1. The van der Waals surface area contributed by atoms with Crippen molar-refractivity contribution in [1.29, 1.82) is 0 Å². The van der Waals surface area contributed by atoms with Crippen LogP contribution in [0, 0.1) is 44.8 Å². The molecule has 4 fully saturated rings. The van der Waals surface area contributed by atoms with Crippen LogP contribution in [0.25, 0.3) is 5.57 Å². The first-order valence-electron chi connectivity index (χ1n) is 18.7. The zero-order chi connectivity index (χ0) is 34.1. The van der Waals surface area contributed by atoms with Gasteiger partial charge in [0.25, 0.3) is 0 Å². The number of aliphatic carboxylic acids is 1. The molecule has 262 valence electrons. The summed E-state index contributed by atoms with van der Waals surface area (Å²) in [6.07, 6.45) is 10.4. The van der Waals surface area contributed by atoms with E-state index in [1.165, 1.54) is 22.3 Å². The molecular weight excluding hydrogens is 600 g/mol. The van der Waals surface area contributed by atoms with Crippen molar-refractivity contribution in [2.45, 2.75) is 118 Å². The van der Waals surface area contributed by atoms with E-state index in [0.717, 1.165) is 108 Å². The van der Waals surface area contributed by atoms with E-state index in [2.05, 4.69) is 64.5 Å². The number of aromatic nitrogens is 2. The molecule has 5 aliphatic carbocycles. The lowest BCUT2D eigenvalue weighted by Gasteiger charge is -2.71. The summed E-state index contributed by atoms with van der Waals surface area (Å²) < 4.78 is 12.1. The number of aromatic amines is 1. The second-order valence-electron chi connectivity index (χ2n) is 18.9. The van der Waals surface area contributed by atoms with Gasteiger partial charge in [-0.05, 0) is 109 Å². The quantitative estimate of drug-likeness (QED) is 0.306. The van der Waals surface area contributed by atoms with Crippen molar-refractivity contribution in [2.75, 3.05) is 32.0 Å². The molecule has 1 aliphatic heterocycles. The molecule has 3 saturated carbocycles. The Morgan fingerprint density at radius 1 is 1.04 bits per heavy atom. The van der Waals surface area contributed by atoms with Crippen LogP contribution in [-0.2, 0) is 27.9 Å². The lowest BCUT2D eigenvalue weighted by molar-refractivity contribution is -0.175. The standard InChI is InChI=1S/C40H58N4O4/c1-35(2)11-13-40(34(45)46)14-12-39(7)31(27(40)22-35)25(24-9-17-48-28(24)23-44-15-18-47-19-16-44)20-30-37(5)21-26-32(42-43-33(26)41)36(3,4)29(37)8-10-38(30,39)6/h9,17,27,29-30H,8,10-16,18-23H2,1-7H3,(H,45,46)(H3,41,42,43). The van der Waals surface area contributed by atoms with Gasteiger partial charge in [-0.15, -0.1) is 0 Å². The Balaban J connectivity index is 1.35. The van der Waals surface area contributed by atoms with E-state index in [-0.39, 0.29) is 33.0 Å². The number of carboxylic acids is 1. The molecular formula is C40H58N4O4. The molecule has 0 amide bonds. The average molecular weight is 659 g/mol. The van der Waals surface area contributed by atoms with Gasteiger partial charge in [0.1, 0.15) is 11.6 Å². The fourth-order valence-corrected chi connectivity index (χ4v) is 13.1. The van der Waals surface area contributed by atoms with E-state index in [1.54, 1.807) is 0 Å². The number of furan rings is 1. The smallest absolute Gasteiger partial charge is 0.310 e. The van der Waals surface area contributed by atoms with E-state index in [4.69, 9.17) is 20.0 Å². The van der Waals surface area contributed by atoms with Gasteiger partial charge in [0.05, 0.1) is 37.1 Å². The largest absolute Gasteiger partial charge is 0.481 e. The van der Waals surface area contributed by atoms with Crippen LogP contribution >= 0.6 is 0 Å². The number of allylic oxidation sites excluding steroid dienone is 2. The van der Waals surface area contributed by atoms with Crippen molar-refractivity contribution >= 4 is 17.4 Å². The summed E-state index contributed by atoms with van der Waals surface area (Å²) in [6, 6.07) is 2.21. The van der Waals surface area contributed by atoms with Gasteiger partial charge in [-0.25, -0.2) is 0 Å². The lowest BCUT2D eigenvalue weighted by Crippen LogP contribution is -2.65. The number of fused-ring (bicyclic) bond motifs is 8. The highest BCUT2D eigenvalue weighted by Crippen LogP contribution is 2.77. The third-order valence-electron chi connectivity index (χ3n) is 15.9. The third-order valence-corrected chi connectivity index (χ3v) is 15.9. The summed E-state index contributed by atoms with van der Waals surface area (Å²) >= 11 is 0. The molecule has 48 heavy (non-hydrogen) atoms. The van der Waals surface area contributed by atoms with Crippen LogP contribution in [0.15, 0.2) is 22.3 Å². The summed E-state index contributed by atoms with van der Waals surface area (Å²) in [4.78, 5) is 16.0. The number of H-pyrrole nitrogens is 1. The number of hydrogen-bond donors (Lipinski definition) is 3. The van der Waals surface area contributed by atoms with E-state index >= 15 is 0 Å². The first kappa shape index (κ1) is 32.6. The van der Waals surface area contributed by atoms with Gasteiger partial charge in [-0.3, -0.25) is 14.8 Å². The predicted octanol–water partition coefficient (Wildman–Crippen LogP) is 7.84. The number of morpholine rings is 1. The number of carbonyl (C=O) groups is 1. The van der Waals surface area contributed by atoms with E-state index in [9.17, 15) is 9.90 Å². The Hall–Kier alpha value is -2.58. The summed E-state index contributed by atoms with van der Waals surface area (Å²) in [5.74, 6) is 2.04. The van der Waals surface area contributed by atoms with Crippen molar-refractivity contribution in [2.24, 2.45) is 44.8 Å². The third kappa shape index (κ3) is 4.26. The number of nitrogens with zero attached hydrogens (tertiary/aromatic N) is 2. The summed E-state index contributed by atoms with van der Waals surface area (Å²) in [5.41, 5.74) is 12.3. The highest BCUT2D eigenvalue weighted by molar-refractivity contribution is 5.80. The fraction of sp³-hybridized carbons (Fsp3) is 0.750. The minimum atomic E-state index is -0.707. The van der Waals surface area contributed by atoms with E-state index < -0.39 is 11.4 Å². The van der Waals surface area contributed by atoms with E-state index in [0.29, 0.717) is 11.8 Å². The van der Waals surface area contributed by atoms with Crippen LogP contribution in [0.1, 0.15) is 122 Å². The predicted molar refractivity (Wildman–Crippen MR) is 187 cm³/mol. The molecule has 0 bridgehead atoms. The molecule has 7 atom stereocenters. The van der Waals surface area contributed by atoms with Gasteiger partial charge in [0, 0.05) is 29.6 Å². The molecule has 3 heterocycles. The van der Waals surface area contributed by atoms with E-state index in [1.807, 2.05) is 6.26 Å². The van der Waals surface area contributed by atoms with Gasteiger partial charge in [0.15, 0.2) is 0 Å². The molecule has 2 aromatic rings. The van der Waals surface area contributed by atoms with Crippen LogP contribution in [0.5, 0.6) is 0 Å². The maximum Gasteiger partial charge on any atom is 0.310 e. The second kappa shape index (κ2) is 10.5. The number of hydrogen-bond acceptors (Lipinski definition) is 6. The second-order valence-corrected chi connectivity index (χ2v) is 18.9. The molecule has 8 nitrogen and oxygen atoms in total. The van der Waals surface area contributed by atoms with Gasteiger partial charge in [0.2, 0.25) is 0 Å². The molecule has 6 aliphatic rings. The Kier molecular flexibility index (Phi) is 7.12. The molecule has 0 aromatic carbocycles. The molecule has 7 unspecified atom stereocenters. The maximum absolute atomic E-state index is 13.5. The summed E-state index contributed by atoms with van der Waals surface area (Å²) in [7, 11) is 0. The molecule has 0 spiro atoms. The summed E-state index contributed by atoms with van der Waals surface area (Å²) in [6.45, 7) is 21.3. The van der Waals surface area contributed by atoms with Crippen LogP contribution in [0.4, 0.5) is 5.82 Å². The maximum atomic E-state index is 13.5. The van der Waals surface area contributed by atoms with Gasteiger partial charge >= 0.3 is 5.97 Å². The van der Waals surface area contributed by atoms with Crippen LogP contribution in [0.2, 0.25) is 0 Å². The number of nitrogens with one attached hydrogen (secondary N) is 1. The molecule has 1 saturated heterocycles. The Morgan fingerprint density at radius 3 is 2.50 bits per heavy atom. The Morgan fingerprint density at radius 2 is 1.77 bits per heavy atom. The van der Waals surface area contributed by atoms with Crippen molar-refractivity contribution in [3.63, 3.8) is 0 Å². The first-order valence-corrected chi connectivity index (χ1v) is 18.7. The molecule has 4 N–H and O–H groups in total. The fourth-order valence-electron chi connectivity index (χ4n) is 13.1. The number of nitrogens with two attached hydrogens (primary N) is 1. The van der Waals surface area contributed by atoms with Crippen molar-refractivity contribution in [1.82, 2.24) is 15.1 Å². The van der Waals surface area contributed by atoms with Crippen molar-refractivity contribution < 1.29 is 19.1 Å². The molecule has 2 aromatic heterocycles. The number of nitrogen functional groups attached to an aromatic ring is 1. The van der Waals surface area contributed by atoms with Gasteiger partial charge in [-0.1, -0.05) is 54.0 Å². The minimum absolute atomic E-state index is 0.00254. The highest BCUT2D eigenvalue weighted by Gasteiger charge is 2.70. The number of carboxylic acid groups (broad SMARTS) is 1. The normalized spacial score (nSPS) is 40.3. The van der Waals surface area contributed by atoms with Crippen LogP contribution < -0.4 is 5.73 Å². The topological polar surface area (TPSA) is 118 Å². The molecule has 8 heteroatoms. The Labute approximate surface area is 286 Å². The van der Waals surface area contributed by atoms with Crippen molar-refractivity contribution in [3.8, 4) is 0 Å². The number of rotatable bonds is 4. The average Bonchev–Trinajstić information content (AvgIpc) is 3.63. The molecule has 8 rings (SSSR count). The monoisotopic (exact) mass is 658 g/mol. The minimum Gasteiger partial charge on any atom is -0.481 e. The lowest BCUT2D eigenvalue weighted by atomic mass is 9.33. The zero-order valence-corrected chi connectivity index (χ0v) is 30.4. The number of anilines is 1. The van der Waals surface area contributed by atoms with Crippen LogP contribution in [0.3, 0.4) is 0 Å². The van der Waals surface area contributed by atoms with Crippen LogP contribution in [-0.4, -0.2) is 52.5 Å². The highest BCUT2D eigenvalue weighted by atomic mass is 16.5. The summed E-state index contributed by atoms with van der Waals surface area (Å²) in [5, 5.41) is 19.1. The van der Waals surface area contributed by atoms with Gasteiger partial charge < -0.3 is 20.0 Å².